The van der Waals surface area contributed by atoms with Crippen LogP contribution in [0.25, 0.3) is 10.9 Å². The molecule has 0 unspecified atom stereocenters. The highest BCUT2D eigenvalue weighted by Crippen LogP contribution is 2.31. The van der Waals surface area contributed by atoms with Gasteiger partial charge < -0.3 is 29.0 Å². The lowest BCUT2D eigenvalue weighted by molar-refractivity contribution is -0.142. The van der Waals surface area contributed by atoms with Crippen LogP contribution in [0.1, 0.15) is 24.0 Å². The van der Waals surface area contributed by atoms with Crippen molar-refractivity contribution in [1.82, 2.24) is 14.8 Å². The summed E-state index contributed by atoms with van der Waals surface area (Å²) in [5, 5.41) is 1.15. The number of hydrogen-bond acceptors (Lipinski definition) is 5. The van der Waals surface area contributed by atoms with Crippen LogP contribution in [-0.4, -0.2) is 74.2 Å². The number of fused-ring (bicyclic) bond motifs is 1. The van der Waals surface area contributed by atoms with E-state index in [0.29, 0.717) is 44.2 Å². The van der Waals surface area contributed by atoms with Crippen LogP contribution >= 0.6 is 0 Å². The molecule has 0 aliphatic heterocycles. The zero-order valence-corrected chi connectivity index (χ0v) is 21.3. The second kappa shape index (κ2) is 11.9. The maximum absolute atomic E-state index is 13.6. The number of carbonyl (C=O) groups excluding carboxylic acids is 2. The lowest BCUT2D eigenvalue weighted by Gasteiger charge is -2.28. The lowest BCUT2D eigenvalue weighted by atomic mass is 10.1. The van der Waals surface area contributed by atoms with Crippen LogP contribution in [0.5, 0.6) is 11.5 Å². The second-order valence-corrected chi connectivity index (χ2v) is 9.14. The van der Waals surface area contributed by atoms with Gasteiger partial charge in [0.25, 0.3) is 0 Å². The van der Waals surface area contributed by atoms with Gasteiger partial charge in [0.1, 0.15) is 0 Å². The molecule has 1 aliphatic rings. The van der Waals surface area contributed by atoms with Crippen molar-refractivity contribution in [3.63, 3.8) is 0 Å². The second-order valence-electron chi connectivity index (χ2n) is 9.14. The third-order valence-electron chi connectivity index (χ3n) is 6.63. The van der Waals surface area contributed by atoms with Crippen molar-refractivity contribution in [2.45, 2.75) is 25.8 Å². The number of nitrogens with zero attached hydrogens (tertiary/aromatic N) is 2. The van der Waals surface area contributed by atoms with Gasteiger partial charge in [-0.1, -0.05) is 24.3 Å². The van der Waals surface area contributed by atoms with E-state index in [0.717, 1.165) is 34.9 Å². The van der Waals surface area contributed by atoms with Crippen molar-refractivity contribution in [2.24, 2.45) is 5.92 Å². The zero-order chi connectivity index (χ0) is 25.5. The summed E-state index contributed by atoms with van der Waals surface area (Å²) in [6.07, 6.45) is 4.49. The molecule has 1 N–H and O–H groups in total. The molecule has 8 nitrogen and oxygen atoms in total. The number of hydrogen-bond donors (Lipinski definition) is 1. The Hall–Kier alpha value is -3.52. The molecule has 0 bridgehead atoms. The van der Waals surface area contributed by atoms with E-state index in [-0.39, 0.29) is 24.3 Å². The number of rotatable bonds is 13. The number of para-hydroxylation sites is 1. The first-order chi connectivity index (χ1) is 17.5. The number of ether oxygens (including phenoxy) is 3. The minimum atomic E-state index is -0.0882. The number of amides is 2. The maximum Gasteiger partial charge on any atom is 0.242 e. The highest BCUT2D eigenvalue weighted by atomic mass is 16.5. The molecule has 4 rings (SSSR count). The van der Waals surface area contributed by atoms with Crippen LogP contribution in [0, 0.1) is 5.92 Å². The first-order valence-electron chi connectivity index (χ1n) is 12.4. The van der Waals surface area contributed by atoms with Gasteiger partial charge in [-0.25, -0.2) is 0 Å². The van der Waals surface area contributed by atoms with Crippen molar-refractivity contribution in [3.05, 3.63) is 59.8 Å². The third kappa shape index (κ3) is 6.18. The number of carbonyl (C=O) groups is 2. The van der Waals surface area contributed by atoms with Gasteiger partial charge in [-0.2, -0.15) is 0 Å². The number of H-pyrrole nitrogens is 1. The molecule has 0 saturated heterocycles. The minimum absolute atomic E-state index is 0.0415. The summed E-state index contributed by atoms with van der Waals surface area (Å²) in [5.74, 6) is 1.25. The quantitative estimate of drug-likeness (QED) is 0.393. The van der Waals surface area contributed by atoms with Crippen LogP contribution in [0.2, 0.25) is 0 Å². The highest BCUT2D eigenvalue weighted by molar-refractivity contribution is 5.87. The summed E-state index contributed by atoms with van der Waals surface area (Å²) < 4.78 is 16.0. The Morgan fingerprint density at radius 2 is 1.75 bits per heavy atom. The van der Waals surface area contributed by atoms with Gasteiger partial charge in [0.05, 0.1) is 27.4 Å². The number of aromatic amines is 1. The smallest absolute Gasteiger partial charge is 0.242 e. The molecule has 2 amide bonds. The Kier molecular flexibility index (Phi) is 8.48. The van der Waals surface area contributed by atoms with E-state index >= 15 is 0 Å². The Labute approximate surface area is 212 Å². The average molecular weight is 494 g/mol. The number of methoxy groups -OCH3 is 3. The fraction of sp³-hybridized carbons (Fsp3) is 0.429. The van der Waals surface area contributed by atoms with Gasteiger partial charge in [0, 0.05) is 49.8 Å². The van der Waals surface area contributed by atoms with Crippen LogP contribution in [-0.2, 0) is 27.3 Å². The van der Waals surface area contributed by atoms with Crippen molar-refractivity contribution >= 4 is 22.7 Å². The molecule has 0 spiro atoms. The Balaban J connectivity index is 1.53. The summed E-state index contributed by atoms with van der Waals surface area (Å²) in [6.45, 7) is 1.77. The van der Waals surface area contributed by atoms with E-state index < -0.39 is 0 Å². The number of nitrogens with one attached hydrogen (secondary N) is 1. The van der Waals surface area contributed by atoms with Gasteiger partial charge in [-0.15, -0.1) is 0 Å². The maximum atomic E-state index is 13.6. The third-order valence-corrected chi connectivity index (χ3v) is 6.63. The van der Waals surface area contributed by atoms with Crippen molar-refractivity contribution in [2.75, 3.05) is 47.6 Å². The molecule has 36 heavy (non-hydrogen) atoms. The minimum Gasteiger partial charge on any atom is -0.493 e. The fourth-order valence-electron chi connectivity index (χ4n) is 4.41. The molecular weight excluding hydrogens is 458 g/mol. The van der Waals surface area contributed by atoms with Crippen LogP contribution in [0.15, 0.2) is 48.7 Å². The van der Waals surface area contributed by atoms with E-state index in [2.05, 4.69) is 11.1 Å². The first kappa shape index (κ1) is 25.6. The normalized spacial score (nSPS) is 13.0. The molecule has 1 fully saturated rings. The summed E-state index contributed by atoms with van der Waals surface area (Å²) in [5.41, 5.74) is 3.16. The predicted molar refractivity (Wildman–Crippen MR) is 138 cm³/mol. The van der Waals surface area contributed by atoms with Gasteiger partial charge in [0.2, 0.25) is 11.8 Å². The Morgan fingerprint density at radius 1 is 0.972 bits per heavy atom. The molecular formula is C28H35N3O5. The SMILES string of the molecule is COCCN(CC(=O)N(CCc1c[nH]c2ccccc12)Cc1ccc(OC)c(OC)c1)C(=O)C1CC1. The Morgan fingerprint density at radius 3 is 2.47 bits per heavy atom. The standard InChI is InChI=1S/C28H35N3O5/c1-34-15-14-31(28(33)21-9-10-21)19-27(32)30(18-20-8-11-25(35-2)26(16-20)36-3)13-12-22-17-29-24-7-5-4-6-23(22)24/h4-8,11,16-17,21,29H,9-10,12-15,18-19H2,1-3H3. The molecule has 192 valence electrons. The molecule has 1 saturated carbocycles. The molecule has 3 aromatic rings. The molecule has 2 aromatic carbocycles. The molecule has 1 aliphatic carbocycles. The largest absolute Gasteiger partial charge is 0.493 e. The summed E-state index contributed by atoms with van der Waals surface area (Å²) in [6, 6.07) is 13.8. The summed E-state index contributed by atoms with van der Waals surface area (Å²) in [4.78, 5) is 33.2. The monoisotopic (exact) mass is 493 g/mol. The van der Waals surface area contributed by atoms with Crippen LogP contribution in [0.4, 0.5) is 0 Å². The topological polar surface area (TPSA) is 84.1 Å². The predicted octanol–water partition coefficient (Wildman–Crippen LogP) is 3.64. The zero-order valence-electron chi connectivity index (χ0n) is 21.3. The van der Waals surface area contributed by atoms with Gasteiger partial charge in [-0.05, 0) is 48.6 Å². The van der Waals surface area contributed by atoms with Crippen molar-refractivity contribution in [3.8, 4) is 11.5 Å². The molecule has 1 aromatic heterocycles. The van der Waals surface area contributed by atoms with Gasteiger partial charge >= 0.3 is 0 Å². The number of benzene rings is 2. The van der Waals surface area contributed by atoms with Gasteiger partial charge in [0.15, 0.2) is 11.5 Å². The van der Waals surface area contributed by atoms with E-state index in [9.17, 15) is 9.59 Å². The van der Waals surface area contributed by atoms with Crippen molar-refractivity contribution in [1.29, 1.82) is 0 Å². The molecule has 0 radical (unpaired) electrons. The van der Waals surface area contributed by atoms with Crippen molar-refractivity contribution < 1.29 is 23.8 Å². The van der Waals surface area contributed by atoms with Crippen LogP contribution in [0.3, 0.4) is 0 Å². The molecule has 1 heterocycles. The van der Waals surface area contributed by atoms with E-state index in [1.165, 1.54) is 0 Å². The Bertz CT molecular complexity index is 1190. The van der Waals surface area contributed by atoms with E-state index in [4.69, 9.17) is 14.2 Å². The summed E-state index contributed by atoms with van der Waals surface area (Å²) >= 11 is 0. The average Bonchev–Trinajstić information content (AvgIpc) is 3.68. The first-order valence-corrected chi connectivity index (χ1v) is 12.4. The fourth-order valence-corrected chi connectivity index (χ4v) is 4.41. The molecule has 8 heteroatoms. The van der Waals surface area contributed by atoms with Crippen LogP contribution < -0.4 is 9.47 Å². The van der Waals surface area contributed by atoms with Gasteiger partial charge in [-0.3, -0.25) is 9.59 Å². The molecule has 0 atom stereocenters. The highest BCUT2D eigenvalue weighted by Gasteiger charge is 2.34. The van der Waals surface area contributed by atoms with E-state index in [1.54, 1.807) is 26.2 Å². The van der Waals surface area contributed by atoms with E-state index in [1.807, 2.05) is 47.5 Å². The number of aromatic nitrogens is 1. The summed E-state index contributed by atoms with van der Waals surface area (Å²) in [7, 11) is 4.80. The lowest BCUT2D eigenvalue weighted by Crippen LogP contribution is -2.45.